The van der Waals surface area contributed by atoms with Crippen molar-refractivity contribution >= 4 is 76.7 Å². The van der Waals surface area contributed by atoms with Gasteiger partial charge < -0.3 is 62.1 Å². The van der Waals surface area contributed by atoms with Crippen molar-refractivity contribution < 1.29 is 67.0 Å². The van der Waals surface area contributed by atoms with Crippen LogP contribution in [-0.4, -0.2) is 195 Å². The van der Waals surface area contributed by atoms with Crippen molar-refractivity contribution in [3.63, 3.8) is 0 Å². The first-order chi connectivity index (χ1) is 44.9. The Morgan fingerprint density at radius 2 is 1.38 bits per heavy atom. The number of urea groups is 1. The minimum Gasteiger partial charge on any atom is -0.444 e. The number of nitrogens with zero attached hydrogens (tertiary/aromatic N) is 5. The molecule has 95 heavy (non-hydrogen) atoms. The quantitative estimate of drug-likeness (QED) is 0.0322. The number of hydrogen-bond donors (Lipinski definition) is 7. The van der Waals surface area contributed by atoms with Crippen LogP contribution in [0.15, 0.2) is 48.5 Å². The summed E-state index contributed by atoms with van der Waals surface area (Å²) < 4.78 is 17.4. The van der Waals surface area contributed by atoms with E-state index < -0.39 is 78.2 Å². The molecule has 2 aromatic carbocycles. The van der Waals surface area contributed by atoms with Gasteiger partial charge in [-0.15, -0.1) is 0 Å². The van der Waals surface area contributed by atoms with Gasteiger partial charge in [0.2, 0.25) is 53.2 Å². The molecule has 2 fully saturated rings. The van der Waals surface area contributed by atoms with Crippen molar-refractivity contribution in [3.8, 4) is 0 Å². The molecular weight excluding hydrogens is 1220 g/mol. The number of unbranched alkanes of at least 4 members (excludes halogenated alkanes) is 2. The number of likely N-dealkylation sites (tertiary alicyclic amines) is 2. The molecule has 530 valence electrons. The normalized spacial score (nSPS) is 17.7. The Balaban J connectivity index is 1.31. The SMILES string of the molecule is CC[C@H](C)[C@@H]([C@@H](CC(=O)N1CCC[C@H]1[C@H](OC)[C@@H](C)C(N)=O)OC)N(C)C(=O)[C@@H](NC(=O)[C@H](C(C)C)N(C)CCc1ccc(N(C)C(=O)OCc2ccc(NC(=O)[C@H](CCCNC(N)=O)NC(=O)[C@@H](NC(=O)CCCCCN3C(=O)CC(C)C3=O)C(C)C)cc2)cc1)C(C)C. The molecule has 0 radical (unpaired) electrons. The summed E-state index contributed by atoms with van der Waals surface area (Å²) in [4.78, 5) is 153. The maximum Gasteiger partial charge on any atom is 0.414 e. The highest BCUT2D eigenvalue weighted by Gasteiger charge is 2.43. The van der Waals surface area contributed by atoms with E-state index in [1.54, 1.807) is 88.0 Å². The van der Waals surface area contributed by atoms with Gasteiger partial charge in [0.15, 0.2) is 0 Å². The fourth-order valence-electron chi connectivity index (χ4n) is 12.5. The molecule has 0 saturated carbocycles. The van der Waals surface area contributed by atoms with Gasteiger partial charge >= 0.3 is 12.1 Å². The molecule has 12 amide bonds. The molecule has 2 heterocycles. The molecular formula is C69H110N12O14. The predicted octanol–water partition coefficient (Wildman–Crippen LogP) is 5.47. The minimum atomic E-state index is -1.07. The van der Waals surface area contributed by atoms with Crippen LogP contribution in [0.5, 0.6) is 0 Å². The van der Waals surface area contributed by atoms with Gasteiger partial charge in [0.25, 0.3) is 0 Å². The number of hydrogen-bond acceptors (Lipinski definition) is 15. The standard InChI is InChI=1S/C69H110N12O14/c1-16-44(8)60(53(93-14)39-56(84)80-36-21-23-52(80)61(94-15)46(10)62(70)85)79(13)67(90)58(42(4)5)76-65(88)59(43(6)7)77(11)37-33-47-27-31-50(32-28-47)78(12)69(92)95-40-48-25-29-49(30-26-48)73-63(86)51(22-20-34-72-68(71)91)74-64(87)57(41(2)3)75-54(82)24-18-17-19-35-81-55(83)38-45(9)66(81)89/h25-32,41-46,51-53,57-61H,16-24,33-40H2,1-15H3,(H2,70,85)(H,73,86)(H,74,87)(H,75,82)(H,76,88)(H3,71,72,91)/t44-,45?,46+,51-,52-,53+,57-,58-,59-,60-,61+/m0/s1. The number of imide groups is 1. The first kappa shape index (κ1) is 79.7. The summed E-state index contributed by atoms with van der Waals surface area (Å²) >= 11 is 0. The largest absolute Gasteiger partial charge is 0.444 e. The molecule has 2 aliphatic heterocycles. The average molecular weight is 1330 g/mol. The summed E-state index contributed by atoms with van der Waals surface area (Å²) in [5.74, 6) is -4.89. The summed E-state index contributed by atoms with van der Waals surface area (Å²) in [6.07, 6.45) is 3.13. The van der Waals surface area contributed by atoms with Gasteiger partial charge in [-0.05, 0) is 111 Å². The Hall–Kier alpha value is -7.71. The fourth-order valence-corrected chi connectivity index (χ4v) is 12.5. The Morgan fingerprint density at radius 1 is 0.737 bits per heavy atom. The van der Waals surface area contributed by atoms with Crippen molar-refractivity contribution in [1.82, 2.24) is 40.9 Å². The second-order valence-electron chi connectivity index (χ2n) is 26.7. The minimum absolute atomic E-state index is 0.0108. The van der Waals surface area contributed by atoms with E-state index in [0.29, 0.717) is 75.1 Å². The lowest BCUT2D eigenvalue weighted by Gasteiger charge is -2.41. The summed E-state index contributed by atoms with van der Waals surface area (Å²) in [5.41, 5.74) is 13.4. The number of anilines is 2. The Bertz CT molecular complexity index is 2890. The fraction of sp³-hybridized carbons (Fsp3) is 0.667. The van der Waals surface area contributed by atoms with E-state index in [1.165, 1.54) is 24.0 Å². The van der Waals surface area contributed by atoms with E-state index in [-0.39, 0.29) is 116 Å². The van der Waals surface area contributed by atoms with Gasteiger partial charge in [0.05, 0.1) is 42.7 Å². The molecule has 9 N–H and O–H groups in total. The molecule has 26 heteroatoms. The molecule has 0 aromatic heterocycles. The maximum atomic E-state index is 14.7. The van der Waals surface area contributed by atoms with Crippen LogP contribution in [0.3, 0.4) is 0 Å². The molecule has 4 rings (SSSR count). The second kappa shape index (κ2) is 38.7. The second-order valence-corrected chi connectivity index (χ2v) is 26.7. The molecule has 1 unspecified atom stereocenters. The van der Waals surface area contributed by atoms with Gasteiger partial charge in [-0.25, -0.2) is 9.59 Å². The smallest absolute Gasteiger partial charge is 0.414 e. The van der Waals surface area contributed by atoms with Crippen molar-refractivity contribution in [2.24, 2.45) is 47.0 Å². The molecule has 2 saturated heterocycles. The topological polar surface area (TPSA) is 344 Å². The van der Waals surface area contributed by atoms with Crippen molar-refractivity contribution in [1.29, 1.82) is 0 Å². The highest BCUT2D eigenvalue weighted by Crippen LogP contribution is 2.30. The summed E-state index contributed by atoms with van der Waals surface area (Å²) in [7, 11) is 8.23. The number of likely N-dealkylation sites (N-methyl/N-ethyl adjacent to an activating group) is 2. The zero-order chi connectivity index (χ0) is 71.0. The number of methoxy groups -OCH3 is 2. The summed E-state index contributed by atoms with van der Waals surface area (Å²) in [6, 6.07) is 8.91. The van der Waals surface area contributed by atoms with E-state index >= 15 is 0 Å². The number of nitrogens with one attached hydrogen (secondary N) is 5. The average Bonchev–Trinajstić information content (AvgIpc) is 1.79. The van der Waals surface area contributed by atoms with Gasteiger partial charge in [0, 0.05) is 84.6 Å². The van der Waals surface area contributed by atoms with Gasteiger partial charge in [-0.1, -0.05) is 106 Å². The lowest BCUT2D eigenvalue weighted by molar-refractivity contribution is -0.147. The third-order valence-corrected chi connectivity index (χ3v) is 18.5. The number of rotatable bonds is 39. The van der Waals surface area contributed by atoms with E-state index in [0.717, 1.165) is 12.0 Å². The molecule has 0 aliphatic carbocycles. The van der Waals surface area contributed by atoms with E-state index in [1.807, 2.05) is 65.6 Å². The van der Waals surface area contributed by atoms with Crippen molar-refractivity contribution in [2.75, 3.05) is 71.8 Å². The Labute approximate surface area is 562 Å². The monoisotopic (exact) mass is 1330 g/mol. The first-order valence-electron chi connectivity index (χ1n) is 33.6. The van der Waals surface area contributed by atoms with E-state index in [4.69, 9.17) is 25.7 Å². The molecule has 26 nitrogen and oxygen atoms in total. The number of ether oxygens (including phenoxy) is 3. The van der Waals surface area contributed by atoms with Crippen LogP contribution in [0.25, 0.3) is 0 Å². The molecule has 11 atom stereocenters. The molecule has 0 spiro atoms. The van der Waals surface area contributed by atoms with Crippen LogP contribution in [0.2, 0.25) is 0 Å². The number of amides is 12. The maximum absolute atomic E-state index is 14.7. The van der Waals surface area contributed by atoms with Crippen LogP contribution in [0, 0.1) is 35.5 Å². The van der Waals surface area contributed by atoms with Crippen LogP contribution in [-0.2, 0) is 70.4 Å². The summed E-state index contributed by atoms with van der Waals surface area (Å²) in [6.45, 7) is 20.0. The third kappa shape index (κ3) is 23.6. The Kier molecular flexibility index (Phi) is 32.5. The molecule has 0 bridgehead atoms. The number of carbonyl (C=O) groups is 11. The highest BCUT2D eigenvalue weighted by molar-refractivity contribution is 6.03. The van der Waals surface area contributed by atoms with Crippen molar-refractivity contribution in [2.45, 2.75) is 201 Å². The van der Waals surface area contributed by atoms with Crippen LogP contribution in [0.1, 0.15) is 151 Å². The molecule has 2 aliphatic rings. The predicted molar refractivity (Wildman–Crippen MR) is 362 cm³/mol. The number of benzene rings is 2. The number of primary amides is 2. The van der Waals surface area contributed by atoms with E-state index in [2.05, 4.69) is 26.6 Å². The van der Waals surface area contributed by atoms with Gasteiger partial charge in [0.1, 0.15) is 24.7 Å². The zero-order valence-corrected chi connectivity index (χ0v) is 58.8. The van der Waals surface area contributed by atoms with Gasteiger partial charge in [-0.3, -0.25) is 57.9 Å². The number of carbonyl (C=O) groups excluding carboxylic acids is 11. The lowest BCUT2D eigenvalue weighted by atomic mass is 9.89. The molecule has 2 aromatic rings. The third-order valence-electron chi connectivity index (χ3n) is 18.5. The van der Waals surface area contributed by atoms with Crippen LogP contribution in [0.4, 0.5) is 21.0 Å². The van der Waals surface area contributed by atoms with Crippen molar-refractivity contribution in [3.05, 3.63) is 59.7 Å². The van der Waals surface area contributed by atoms with Crippen LogP contribution < -0.4 is 43.0 Å². The highest BCUT2D eigenvalue weighted by atomic mass is 16.6. The zero-order valence-electron chi connectivity index (χ0n) is 58.8. The first-order valence-corrected chi connectivity index (χ1v) is 33.6. The lowest BCUT2D eigenvalue weighted by Crippen LogP contribution is -2.60. The summed E-state index contributed by atoms with van der Waals surface area (Å²) in [5, 5.41) is 14.0. The number of nitrogens with two attached hydrogens (primary N) is 2. The van der Waals surface area contributed by atoms with Gasteiger partial charge in [-0.2, -0.15) is 0 Å². The van der Waals surface area contributed by atoms with E-state index in [9.17, 15) is 52.7 Å². The van der Waals surface area contributed by atoms with Crippen LogP contribution >= 0.6 is 0 Å². The Morgan fingerprint density at radius 3 is 1.94 bits per heavy atom.